The number of aromatic hydroxyl groups is 1. The molecule has 2 aliphatic rings. The van der Waals surface area contributed by atoms with Crippen LogP contribution in [0.2, 0.25) is 0 Å². The number of hydrogen-bond donors (Lipinski definition) is 1. The first-order valence-corrected chi connectivity index (χ1v) is 6.81. The number of phenolic OH excluding ortho intramolecular Hbond substituents is 1. The zero-order chi connectivity index (χ0) is 13.6. The van der Waals surface area contributed by atoms with Gasteiger partial charge in [0.1, 0.15) is 11.6 Å². The van der Waals surface area contributed by atoms with Crippen molar-refractivity contribution in [2.45, 2.75) is 38.8 Å². The third-order valence-corrected chi connectivity index (χ3v) is 4.43. The number of hydrogen-bond acceptors (Lipinski definition) is 3. The molecule has 3 rings (SSSR count). The molecular formula is C15H18FNO2. The Labute approximate surface area is 112 Å². The second-order valence-corrected chi connectivity index (χ2v) is 5.78. The normalized spacial score (nSPS) is 26.0. The fourth-order valence-electron chi connectivity index (χ4n) is 3.48. The van der Waals surface area contributed by atoms with Gasteiger partial charge in [-0.05, 0) is 44.2 Å². The number of Topliss-reactive ketones (excluding diaryl/α,β-unsaturated/α-hetero) is 1. The van der Waals surface area contributed by atoms with Crippen molar-refractivity contribution in [3.63, 3.8) is 0 Å². The Kier molecular flexibility index (Phi) is 3.05. The Bertz CT molecular complexity index is 529. The molecule has 1 N–H and O–H groups in total. The summed E-state index contributed by atoms with van der Waals surface area (Å²) in [4.78, 5) is 13.7. The minimum atomic E-state index is -0.456. The predicted molar refractivity (Wildman–Crippen MR) is 69.6 cm³/mol. The van der Waals surface area contributed by atoms with Crippen molar-refractivity contribution in [2.75, 3.05) is 6.54 Å². The molecule has 1 aliphatic heterocycles. The predicted octanol–water partition coefficient (Wildman–Crippen LogP) is 2.72. The van der Waals surface area contributed by atoms with Gasteiger partial charge in [-0.1, -0.05) is 0 Å². The lowest BCUT2D eigenvalue weighted by Crippen LogP contribution is -2.31. The van der Waals surface area contributed by atoms with E-state index in [1.54, 1.807) is 0 Å². The molecule has 1 saturated carbocycles. The number of carbonyl (C=O) groups excluding carboxylic acids is 1. The van der Waals surface area contributed by atoms with Crippen LogP contribution in [0.25, 0.3) is 0 Å². The highest BCUT2D eigenvalue weighted by molar-refractivity contribution is 5.97. The fourth-order valence-corrected chi connectivity index (χ4v) is 3.48. The molecular weight excluding hydrogens is 245 g/mol. The minimum absolute atomic E-state index is 0.0586. The lowest BCUT2D eigenvalue weighted by Gasteiger charge is -2.27. The number of carbonyl (C=O) groups is 1. The molecule has 0 spiro atoms. The van der Waals surface area contributed by atoms with E-state index in [0.717, 1.165) is 18.5 Å². The number of benzene rings is 1. The van der Waals surface area contributed by atoms with Gasteiger partial charge in [0.2, 0.25) is 0 Å². The third kappa shape index (κ3) is 2.25. The number of piperidine rings is 1. The second kappa shape index (κ2) is 4.60. The summed E-state index contributed by atoms with van der Waals surface area (Å²) in [5.41, 5.74) is 0.608. The van der Waals surface area contributed by atoms with E-state index in [1.165, 1.54) is 32.3 Å². The zero-order valence-electron chi connectivity index (χ0n) is 11.0. The van der Waals surface area contributed by atoms with E-state index in [9.17, 15) is 14.3 Å². The largest absolute Gasteiger partial charge is 0.507 e. The molecule has 1 heterocycles. The van der Waals surface area contributed by atoms with Gasteiger partial charge in [-0.25, -0.2) is 4.39 Å². The molecule has 1 aromatic rings. The monoisotopic (exact) mass is 263 g/mol. The van der Waals surface area contributed by atoms with Crippen LogP contribution in [-0.2, 0) is 6.54 Å². The van der Waals surface area contributed by atoms with Crippen molar-refractivity contribution in [3.8, 4) is 5.75 Å². The van der Waals surface area contributed by atoms with Crippen LogP contribution in [-0.4, -0.2) is 28.4 Å². The Hall–Kier alpha value is -1.42. The van der Waals surface area contributed by atoms with E-state index in [4.69, 9.17) is 0 Å². The van der Waals surface area contributed by atoms with Crippen molar-refractivity contribution in [2.24, 2.45) is 5.92 Å². The van der Waals surface area contributed by atoms with E-state index in [2.05, 4.69) is 4.90 Å². The average Bonchev–Trinajstić information content (AvgIpc) is 2.95. The molecule has 2 bridgehead atoms. The number of halogens is 1. The van der Waals surface area contributed by atoms with Gasteiger partial charge in [0.15, 0.2) is 5.78 Å². The number of fused-ring (bicyclic) bond motifs is 2. The van der Waals surface area contributed by atoms with Gasteiger partial charge in [-0.3, -0.25) is 9.69 Å². The SMILES string of the molecule is CC(=O)c1cc(F)cc(CN2CC3CCC2C3)c1O. The van der Waals surface area contributed by atoms with E-state index >= 15 is 0 Å². The molecule has 0 radical (unpaired) electrons. The Morgan fingerprint density at radius 2 is 2.26 bits per heavy atom. The molecule has 1 aromatic carbocycles. The second-order valence-electron chi connectivity index (χ2n) is 5.78. The summed E-state index contributed by atoms with van der Waals surface area (Å²) in [5.74, 6) is -0.0618. The number of phenols is 1. The quantitative estimate of drug-likeness (QED) is 0.852. The van der Waals surface area contributed by atoms with Crippen LogP contribution in [0.4, 0.5) is 4.39 Å². The van der Waals surface area contributed by atoms with Crippen molar-refractivity contribution < 1.29 is 14.3 Å². The van der Waals surface area contributed by atoms with Gasteiger partial charge < -0.3 is 5.11 Å². The van der Waals surface area contributed by atoms with Crippen LogP contribution in [0.3, 0.4) is 0 Å². The van der Waals surface area contributed by atoms with E-state index in [0.29, 0.717) is 18.2 Å². The van der Waals surface area contributed by atoms with Crippen LogP contribution in [0.15, 0.2) is 12.1 Å². The number of nitrogens with zero attached hydrogens (tertiary/aromatic N) is 1. The van der Waals surface area contributed by atoms with E-state index in [-0.39, 0.29) is 17.1 Å². The maximum absolute atomic E-state index is 13.5. The van der Waals surface area contributed by atoms with Gasteiger partial charge in [-0.15, -0.1) is 0 Å². The highest BCUT2D eigenvalue weighted by Crippen LogP contribution is 2.39. The maximum Gasteiger partial charge on any atom is 0.163 e. The number of rotatable bonds is 3. The Morgan fingerprint density at radius 1 is 1.47 bits per heavy atom. The summed E-state index contributed by atoms with van der Waals surface area (Å²) in [6.07, 6.45) is 3.70. The molecule has 1 saturated heterocycles. The van der Waals surface area contributed by atoms with Gasteiger partial charge in [-0.2, -0.15) is 0 Å². The summed E-state index contributed by atoms with van der Waals surface area (Å²) < 4.78 is 13.5. The van der Waals surface area contributed by atoms with Crippen LogP contribution in [0, 0.1) is 11.7 Å². The van der Waals surface area contributed by atoms with Crippen molar-refractivity contribution in [1.82, 2.24) is 4.90 Å². The first-order chi connectivity index (χ1) is 9.04. The number of likely N-dealkylation sites (tertiary alicyclic amines) is 1. The number of ketones is 1. The van der Waals surface area contributed by atoms with Crippen LogP contribution >= 0.6 is 0 Å². The summed E-state index contributed by atoms with van der Waals surface area (Å²) >= 11 is 0. The maximum atomic E-state index is 13.5. The van der Waals surface area contributed by atoms with Gasteiger partial charge in [0.05, 0.1) is 5.56 Å². The van der Waals surface area contributed by atoms with Crippen LogP contribution < -0.4 is 0 Å². The molecule has 102 valence electrons. The Balaban J connectivity index is 1.86. The van der Waals surface area contributed by atoms with Crippen LogP contribution in [0.1, 0.15) is 42.1 Å². The lowest BCUT2D eigenvalue weighted by atomic mass is 10.0. The molecule has 19 heavy (non-hydrogen) atoms. The summed E-state index contributed by atoms with van der Waals surface area (Å²) in [5, 5.41) is 10.1. The zero-order valence-corrected chi connectivity index (χ0v) is 11.0. The van der Waals surface area contributed by atoms with Crippen molar-refractivity contribution in [1.29, 1.82) is 0 Å². The van der Waals surface area contributed by atoms with E-state index in [1.807, 2.05) is 0 Å². The molecule has 2 atom stereocenters. The van der Waals surface area contributed by atoms with Gasteiger partial charge in [0, 0.05) is 24.7 Å². The van der Waals surface area contributed by atoms with Crippen molar-refractivity contribution in [3.05, 3.63) is 29.1 Å². The average molecular weight is 263 g/mol. The first-order valence-electron chi connectivity index (χ1n) is 6.81. The molecule has 2 unspecified atom stereocenters. The molecule has 0 amide bonds. The molecule has 2 fully saturated rings. The molecule has 1 aliphatic carbocycles. The van der Waals surface area contributed by atoms with E-state index < -0.39 is 5.82 Å². The molecule has 4 heteroatoms. The standard InChI is InChI=1S/C15H18FNO2/c1-9(18)14-6-12(16)5-11(15(14)19)8-17-7-10-2-3-13(17)4-10/h5-6,10,13,19H,2-4,7-8H2,1H3. The minimum Gasteiger partial charge on any atom is -0.507 e. The topological polar surface area (TPSA) is 40.5 Å². The summed E-state index contributed by atoms with van der Waals surface area (Å²) in [6.45, 7) is 2.90. The third-order valence-electron chi connectivity index (χ3n) is 4.43. The first kappa shape index (κ1) is 12.6. The highest BCUT2D eigenvalue weighted by Gasteiger charge is 2.37. The van der Waals surface area contributed by atoms with Gasteiger partial charge in [0.25, 0.3) is 0 Å². The smallest absolute Gasteiger partial charge is 0.163 e. The summed E-state index contributed by atoms with van der Waals surface area (Å²) in [6, 6.07) is 3.01. The van der Waals surface area contributed by atoms with Crippen LogP contribution in [0.5, 0.6) is 5.75 Å². The molecule has 3 nitrogen and oxygen atoms in total. The summed E-state index contributed by atoms with van der Waals surface area (Å²) in [7, 11) is 0. The van der Waals surface area contributed by atoms with Crippen molar-refractivity contribution >= 4 is 5.78 Å². The fraction of sp³-hybridized carbons (Fsp3) is 0.533. The molecule has 0 aromatic heterocycles. The highest BCUT2D eigenvalue weighted by atomic mass is 19.1. The Morgan fingerprint density at radius 3 is 2.84 bits per heavy atom. The lowest BCUT2D eigenvalue weighted by molar-refractivity contribution is 0.101. The van der Waals surface area contributed by atoms with Gasteiger partial charge >= 0.3 is 0 Å².